The van der Waals surface area contributed by atoms with Crippen LogP contribution in [0.2, 0.25) is 0 Å². The Morgan fingerprint density at radius 1 is 1.08 bits per heavy atom. The molecule has 1 aliphatic rings. The molecule has 0 spiro atoms. The van der Waals surface area contributed by atoms with E-state index in [9.17, 15) is 14.7 Å². The van der Waals surface area contributed by atoms with Gasteiger partial charge in [0.2, 0.25) is 0 Å². The largest absolute Gasteiger partial charge is 0.515 e. The van der Waals surface area contributed by atoms with Gasteiger partial charge in [-0.3, -0.25) is 14.7 Å². The van der Waals surface area contributed by atoms with E-state index in [-0.39, 0.29) is 17.0 Å². The van der Waals surface area contributed by atoms with Crippen LogP contribution in [0.25, 0.3) is 5.69 Å². The number of carbonyl (C=O) groups is 1. The lowest BCUT2D eigenvalue weighted by Crippen LogP contribution is -2.29. The second-order valence-electron chi connectivity index (χ2n) is 5.82. The number of para-hydroxylation sites is 2. The summed E-state index contributed by atoms with van der Waals surface area (Å²) >= 11 is 0. The van der Waals surface area contributed by atoms with Crippen molar-refractivity contribution in [2.75, 3.05) is 5.73 Å². The summed E-state index contributed by atoms with van der Waals surface area (Å²) in [4.78, 5) is 25.6. The first-order chi connectivity index (χ1) is 12.6. The number of ketones is 1. The molecule has 0 radical (unpaired) electrons. The minimum Gasteiger partial charge on any atom is -0.515 e. The number of aromatic amines is 1. The summed E-state index contributed by atoms with van der Waals surface area (Å²) in [6.07, 6.45) is -0.432. The minimum absolute atomic E-state index is 0.0493. The highest BCUT2D eigenvalue weighted by atomic mass is 16.5. The summed E-state index contributed by atoms with van der Waals surface area (Å²) in [5.74, 6) is -0.0136. The van der Waals surface area contributed by atoms with Crippen molar-refractivity contribution in [1.29, 1.82) is 0 Å². The lowest BCUT2D eigenvalue weighted by Gasteiger charge is -2.26. The fraction of sp³-hybridized carbons (Fsp3) is 0.0526. The van der Waals surface area contributed by atoms with Crippen molar-refractivity contribution in [3.05, 3.63) is 87.9 Å². The van der Waals surface area contributed by atoms with Gasteiger partial charge in [0.25, 0.3) is 5.56 Å². The summed E-state index contributed by atoms with van der Waals surface area (Å²) in [6, 6.07) is 15.5. The summed E-state index contributed by atoms with van der Waals surface area (Å²) < 4.78 is 7.11. The quantitative estimate of drug-likeness (QED) is 0.486. The Hall–Kier alpha value is -3.74. The number of H-pyrrole nitrogens is 1. The number of rotatable bonds is 2. The molecule has 3 aromatic rings. The van der Waals surface area contributed by atoms with Gasteiger partial charge in [0.15, 0.2) is 11.9 Å². The summed E-state index contributed by atoms with van der Waals surface area (Å²) in [6.45, 7) is 0. The van der Waals surface area contributed by atoms with E-state index < -0.39 is 17.4 Å². The molecule has 7 nitrogen and oxygen atoms in total. The van der Waals surface area contributed by atoms with Gasteiger partial charge >= 0.3 is 0 Å². The predicted molar refractivity (Wildman–Crippen MR) is 95.7 cm³/mol. The molecule has 4 N–H and O–H groups in total. The molecular weight excluding hydrogens is 334 g/mol. The van der Waals surface area contributed by atoms with E-state index >= 15 is 0 Å². The molecule has 130 valence electrons. The highest BCUT2D eigenvalue weighted by molar-refractivity contribution is 6.12. The molecule has 0 saturated heterocycles. The second kappa shape index (κ2) is 5.96. The SMILES string of the molecule is Nc1[nH]n(-c2ccccc2)c(=O)c1C1Oc2ccccc2C(=O)/C1=C\O. The van der Waals surface area contributed by atoms with E-state index in [0.717, 1.165) is 0 Å². The van der Waals surface area contributed by atoms with Crippen LogP contribution in [0.3, 0.4) is 0 Å². The van der Waals surface area contributed by atoms with Crippen LogP contribution in [0.15, 0.2) is 71.2 Å². The molecule has 0 saturated carbocycles. The molecule has 2 heterocycles. The number of nitrogens with zero attached hydrogens (tertiary/aromatic N) is 1. The van der Waals surface area contributed by atoms with E-state index in [1.165, 1.54) is 4.68 Å². The zero-order chi connectivity index (χ0) is 18.3. The number of aliphatic hydroxyl groups is 1. The monoisotopic (exact) mass is 349 g/mol. The van der Waals surface area contributed by atoms with Crippen LogP contribution < -0.4 is 16.0 Å². The Morgan fingerprint density at radius 3 is 2.50 bits per heavy atom. The third-order valence-corrected chi connectivity index (χ3v) is 4.29. The molecule has 0 fully saturated rings. The fourth-order valence-corrected chi connectivity index (χ4v) is 3.04. The van der Waals surface area contributed by atoms with Crippen molar-refractivity contribution < 1.29 is 14.6 Å². The number of aliphatic hydroxyl groups excluding tert-OH is 1. The van der Waals surface area contributed by atoms with Gasteiger partial charge in [-0.2, -0.15) is 0 Å². The van der Waals surface area contributed by atoms with Crippen LogP contribution >= 0.6 is 0 Å². The molecule has 1 aliphatic heterocycles. The van der Waals surface area contributed by atoms with Crippen molar-refractivity contribution in [2.45, 2.75) is 6.10 Å². The van der Waals surface area contributed by atoms with Gasteiger partial charge in [-0.25, -0.2) is 4.68 Å². The fourth-order valence-electron chi connectivity index (χ4n) is 3.04. The number of aromatic nitrogens is 2. The highest BCUT2D eigenvalue weighted by Crippen LogP contribution is 2.38. The molecular formula is C19H15N3O4. The van der Waals surface area contributed by atoms with Crippen molar-refractivity contribution in [3.8, 4) is 11.4 Å². The average molecular weight is 349 g/mol. The maximum absolute atomic E-state index is 12.9. The maximum atomic E-state index is 12.9. The standard InChI is InChI=1S/C19H15N3O4/c20-18-15(19(25)22(21-18)11-6-2-1-3-7-11)17-13(10-23)16(24)12-8-4-5-9-14(12)26-17/h1-10,17,21,23H,20H2/b13-10+. The smallest absolute Gasteiger partial charge is 0.280 e. The number of carbonyl (C=O) groups excluding carboxylic acids is 1. The topological polar surface area (TPSA) is 110 Å². The predicted octanol–water partition coefficient (Wildman–Crippen LogP) is 2.51. The molecule has 26 heavy (non-hydrogen) atoms. The zero-order valence-corrected chi connectivity index (χ0v) is 13.5. The molecule has 1 atom stereocenters. The molecule has 1 unspecified atom stereocenters. The maximum Gasteiger partial charge on any atom is 0.280 e. The molecule has 4 rings (SSSR count). The number of nitrogens with one attached hydrogen (secondary N) is 1. The van der Waals surface area contributed by atoms with Gasteiger partial charge in [0, 0.05) is 0 Å². The summed E-state index contributed by atoms with van der Waals surface area (Å²) in [5.41, 5.74) is 6.49. The minimum atomic E-state index is -1.10. The lowest BCUT2D eigenvalue weighted by molar-refractivity contribution is 0.0954. The molecule has 1 aromatic heterocycles. The van der Waals surface area contributed by atoms with Gasteiger partial charge < -0.3 is 15.6 Å². The highest BCUT2D eigenvalue weighted by Gasteiger charge is 2.37. The number of Topliss-reactive ketones (excluding diaryl/α,β-unsaturated/α-hetero) is 1. The number of benzene rings is 2. The van der Waals surface area contributed by atoms with Crippen LogP contribution in [0.5, 0.6) is 5.75 Å². The normalized spacial score (nSPS) is 17.8. The van der Waals surface area contributed by atoms with Gasteiger partial charge in [0.05, 0.1) is 23.1 Å². The zero-order valence-electron chi connectivity index (χ0n) is 13.5. The summed E-state index contributed by atoms with van der Waals surface area (Å²) in [7, 11) is 0. The number of hydrogen-bond donors (Lipinski definition) is 3. The van der Waals surface area contributed by atoms with Crippen LogP contribution in [-0.4, -0.2) is 20.7 Å². The second-order valence-corrected chi connectivity index (χ2v) is 5.82. The van der Waals surface area contributed by atoms with Crippen molar-refractivity contribution in [3.63, 3.8) is 0 Å². The van der Waals surface area contributed by atoms with Gasteiger partial charge in [-0.05, 0) is 24.3 Å². The number of nitrogens with two attached hydrogens (primary N) is 1. The van der Waals surface area contributed by atoms with Crippen LogP contribution in [-0.2, 0) is 0 Å². The number of anilines is 1. The number of fused-ring (bicyclic) bond motifs is 1. The van der Waals surface area contributed by atoms with E-state index in [2.05, 4.69) is 5.10 Å². The molecule has 0 amide bonds. The van der Waals surface area contributed by atoms with Crippen molar-refractivity contribution >= 4 is 11.6 Å². The Morgan fingerprint density at radius 2 is 1.77 bits per heavy atom. The first kappa shape index (κ1) is 15.8. The van der Waals surface area contributed by atoms with Crippen molar-refractivity contribution in [2.24, 2.45) is 0 Å². The van der Waals surface area contributed by atoms with Gasteiger partial charge in [-0.15, -0.1) is 0 Å². The van der Waals surface area contributed by atoms with Gasteiger partial charge in [-0.1, -0.05) is 30.3 Å². The third-order valence-electron chi connectivity index (χ3n) is 4.29. The summed E-state index contributed by atoms with van der Waals surface area (Å²) in [5, 5.41) is 12.4. The Kier molecular flexibility index (Phi) is 3.62. The molecule has 2 aromatic carbocycles. The van der Waals surface area contributed by atoms with Crippen molar-refractivity contribution in [1.82, 2.24) is 9.78 Å². The first-order valence-electron chi connectivity index (χ1n) is 7.92. The molecule has 7 heteroatoms. The molecule has 0 bridgehead atoms. The lowest BCUT2D eigenvalue weighted by atomic mass is 9.92. The number of ether oxygens (including phenoxy) is 1. The molecule has 0 aliphatic carbocycles. The van der Waals surface area contributed by atoms with E-state index in [1.54, 1.807) is 48.5 Å². The first-order valence-corrected chi connectivity index (χ1v) is 7.92. The Balaban J connectivity index is 1.87. The van der Waals surface area contributed by atoms with Crippen LogP contribution in [0, 0.1) is 0 Å². The third kappa shape index (κ3) is 2.29. The number of nitrogen functional groups attached to an aromatic ring is 1. The average Bonchev–Trinajstić information content (AvgIpc) is 2.96. The number of hydrogen-bond acceptors (Lipinski definition) is 5. The van der Waals surface area contributed by atoms with Crippen LogP contribution in [0.1, 0.15) is 22.0 Å². The van der Waals surface area contributed by atoms with Crippen LogP contribution in [0.4, 0.5) is 5.82 Å². The Bertz CT molecular complexity index is 1080. The van der Waals surface area contributed by atoms with Gasteiger partial charge in [0.1, 0.15) is 17.1 Å². The van der Waals surface area contributed by atoms with E-state index in [0.29, 0.717) is 23.3 Å². The van der Waals surface area contributed by atoms with E-state index in [1.807, 2.05) is 6.07 Å². The van der Waals surface area contributed by atoms with E-state index in [4.69, 9.17) is 10.5 Å². The Labute approximate surface area is 147 Å².